The molecule has 0 amide bonds. The van der Waals surface area contributed by atoms with Gasteiger partial charge in [-0.1, -0.05) is 52.2 Å². The van der Waals surface area contributed by atoms with Crippen molar-refractivity contribution in [3.8, 4) is 16.9 Å². The Bertz CT molecular complexity index is 887. The molecule has 2 aromatic carbocycles. The van der Waals surface area contributed by atoms with Gasteiger partial charge in [-0.25, -0.2) is 8.78 Å². The molecule has 1 aliphatic carbocycles. The summed E-state index contributed by atoms with van der Waals surface area (Å²) in [7, 11) is 0. The van der Waals surface area contributed by atoms with Crippen molar-refractivity contribution < 1.29 is 23.8 Å². The second-order valence-corrected chi connectivity index (χ2v) is 9.46. The van der Waals surface area contributed by atoms with Gasteiger partial charge in [0.25, 0.3) is 0 Å². The number of phenolic OH excluding ortho intramolecular Hbond substituents is 1. The lowest BCUT2D eigenvalue weighted by atomic mass is 9.72. The number of benzene rings is 2. The van der Waals surface area contributed by atoms with Crippen LogP contribution < -0.4 is 5.32 Å². The molecule has 4 nitrogen and oxygen atoms in total. The summed E-state index contributed by atoms with van der Waals surface area (Å²) in [4.78, 5) is 10.4. The van der Waals surface area contributed by atoms with Crippen LogP contribution in [0.2, 0.25) is 0 Å². The van der Waals surface area contributed by atoms with E-state index in [1.807, 2.05) is 0 Å². The highest BCUT2D eigenvalue weighted by Gasteiger charge is 2.25. The smallest absolute Gasteiger partial charge is 0.304 e. The van der Waals surface area contributed by atoms with Crippen LogP contribution in [0.15, 0.2) is 36.4 Å². The van der Waals surface area contributed by atoms with Crippen LogP contribution in [0.3, 0.4) is 0 Å². The van der Waals surface area contributed by atoms with Gasteiger partial charge >= 0.3 is 5.97 Å². The third kappa shape index (κ3) is 7.90. The molecule has 0 atom stereocenters. The van der Waals surface area contributed by atoms with E-state index in [0.29, 0.717) is 11.0 Å². The number of rotatable bonds is 6. The van der Waals surface area contributed by atoms with Crippen LogP contribution in [0.5, 0.6) is 5.75 Å². The average molecular weight is 448 g/mol. The molecule has 0 radical (unpaired) electrons. The van der Waals surface area contributed by atoms with E-state index in [1.165, 1.54) is 50.3 Å². The fraction of sp³-hybridized carbons (Fsp3) is 0.500. The van der Waals surface area contributed by atoms with Gasteiger partial charge in [-0.15, -0.1) is 0 Å². The van der Waals surface area contributed by atoms with Crippen molar-refractivity contribution in [2.45, 2.75) is 65.8 Å². The summed E-state index contributed by atoms with van der Waals surface area (Å²) in [6.07, 6.45) is 7.25. The van der Waals surface area contributed by atoms with Crippen LogP contribution in [0.4, 0.5) is 8.78 Å². The second kappa shape index (κ2) is 12.0. The van der Waals surface area contributed by atoms with Crippen LogP contribution in [0, 0.1) is 23.0 Å². The summed E-state index contributed by atoms with van der Waals surface area (Å²) in [5.74, 6) is -1.43. The van der Waals surface area contributed by atoms with E-state index in [9.17, 15) is 18.7 Å². The Morgan fingerprint density at radius 1 is 1.09 bits per heavy atom. The molecule has 0 aliphatic heterocycles. The first-order valence-electron chi connectivity index (χ1n) is 11.3. The van der Waals surface area contributed by atoms with Crippen molar-refractivity contribution >= 4 is 5.97 Å². The van der Waals surface area contributed by atoms with E-state index < -0.39 is 17.6 Å². The molecule has 0 bridgehead atoms. The zero-order valence-corrected chi connectivity index (χ0v) is 19.3. The summed E-state index contributed by atoms with van der Waals surface area (Å²) in [6, 6.07) is 8.48. The molecule has 2 aromatic rings. The maximum Gasteiger partial charge on any atom is 0.304 e. The molecule has 32 heavy (non-hydrogen) atoms. The van der Waals surface area contributed by atoms with E-state index in [-0.39, 0.29) is 36.4 Å². The molecule has 3 rings (SSSR count). The van der Waals surface area contributed by atoms with E-state index in [4.69, 9.17) is 5.11 Å². The highest BCUT2D eigenvalue weighted by Crippen LogP contribution is 2.37. The van der Waals surface area contributed by atoms with Crippen LogP contribution in [-0.2, 0) is 11.3 Å². The van der Waals surface area contributed by atoms with E-state index >= 15 is 0 Å². The number of carbonyl (C=O) groups is 1. The number of halogens is 2. The normalized spacial score (nSPS) is 14.5. The first-order chi connectivity index (χ1) is 15.1. The molecule has 0 unspecified atom stereocenters. The lowest BCUT2D eigenvalue weighted by molar-refractivity contribution is -0.136. The second-order valence-electron chi connectivity index (χ2n) is 9.46. The summed E-state index contributed by atoms with van der Waals surface area (Å²) in [5.41, 5.74) is 1.02. The van der Waals surface area contributed by atoms with Crippen molar-refractivity contribution in [1.82, 2.24) is 5.32 Å². The SMILES string of the molecule is CC(C)(C)C1CCCCC1.O=C(O)CCNCc1c(F)ccc(-c2cccc(O)c2)c1F. The van der Waals surface area contributed by atoms with Crippen molar-refractivity contribution in [2.75, 3.05) is 6.54 Å². The maximum absolute atomic E-state index is 14.5. The molecule has 1 fully saturated rings. The Kier molecular flexibility index (Phi) is 9.63. The number of aromatic hydroxyl groups is 1. The molecule has 0 aromatic heterocycles. The Morgan fingerprint density at radius 3 is 2.34 bits per heavy atom. The van der Waals surface area contributed by atoms with E-state index in [0.717, 1.165) is 12.0 Å². The zero-order chi connectivity index (χ0) is 23.7. The number of hydrogen-bond acceptors (Lipinski definition) is 3. The summed E-state index contributed by atoms with van der Waals surface area (Å²) in [5, 5.41) is 20.7. The molecule has 0 spiro atoms. The first kappa shape index (κ1) is 25.8. The van der Waals surface area contributed by atoms with Gasteiger partial charge in [-0.3, -0.25) is 4.79 Å². The third-order valence-corrected chi connectivity index (χ3v) is 5.99. The standard InChI is InChI=1S/C16H15F2NO3.C10H20/c17-14-5-4-12(10-2-1-3-11(20)8-10)16(18)13(14)9-19-7-6-15(21)22;1-10(2,3)9-7-5-4-6-8-9/h1-5,8,19-20H,6-7,9H2,(H,21,22);9H,4-8H2,1-3H3. The lowest BCUT2D eigenvalue weighted by Gasteiger charge is -2.33. The van der Waals surface area contributed by atoms with Crippen LogP contribution >= 0.6 is 0 Å². The first-order valence-corrected chi connectivity index (χ1v) is 11.3. The van der Waals surface area contributed by atoms with Gasteiger partial charge in [0.1, 0.15) is 17.4 Å². The minimum atomic E-state index is -0.984. The van der Waals surface area contributed by atoms with Crippen LogP contribution in [0.1, 0.15) is 64.9 Å². The summed E-state index contributed by atoms with van der Waals surface area (Å²) >= 11 is 0. The fourth-order valence-corrected chi connectivity index (χ4v) is 4.03. The summed E-state index contributed by atoms with van der Waals surface area (Å²) < 4.78 is 28.2. The van der Waals surface area contributed by atoms with Gasteiger partial charge in [0.2, 0.25) is 0 Å². The number of carboxylic acids is 1. The number of hydrogen-bond donors (Lipinski definition) is 3. The Hall–Kier alpha value is -2.47. The molecule has 3 N–H and O–H groups in total. The van der Waals surface area contributed by atoms with Gasteiger partial charge in [-0.05, 0) is 54.0 Å². The highest BCUT2D eigenvalue weighted by molar-refractivity contribution is 5.67. The molecule has 0 saturated heterocycles. The number of aliphatic carboxylic acids is 1. The Balaban J connectivity index is 0.000000303. The maximum atomic E-state index is 14.5. The molecule has 0 heterocycles. The third-order valence-electron chi connectivity index (χ3n) is 5.99. The summed E-state index contributed by atoms with van der Waals surface area (Å²) in [6.45, 7) is 7.14. The molecule has 1 aliphatic rings. The molecule has 176 valence electrons. The van der Waals surface area contributed by atoms with E-state index in [2.05, 4.69) is 26.1 Å². The van der Waals surface area contributed by atoms with Gasteiger partial charge in [0.15, 0.2) is 0 Å². The minimum Gasteiger partial charge on any atom is -0.508 e. The van der Waals surface area contributed by atoms with Crippen LogP contribution in [-0.4, -0.2) is 22.7 Å². The monoisotopic (exact) mass is 447 g/mol. The number of phenols is 1. The lowest BCUT2D eigenvalue weighted by Crippen LogP contribution is -2.22. The molecule has 1 saturated carbocycles. The quantitative estimate of drug-likeness (QED) is 0.441. The Labute approximate surface area is 189 Å². The zero-order valence-electron chi connectivity index (χ0n) is 19.3. The predicted molar refractivity (Wildman–Crippen MR) is 123 cm³/mol. The molecule has 6 heteroatoms. The van der Waals surface area contributed by atoms with Crippen LogP contribution in [0.25, 0.3) is 11.1 Å². The Morgan fingerprint density at radius 2 is 1.78 bits per heavy atom. The number of nitrogens with one attached hydrogen (secondary N) is 1. The van der Waals surface area contributed by atoms with Gasteiger partial charge < -0.3 is 15.5 Å². The highest BCUT2D eigenvalue weighted by atomic mass is 19.1. The topological polar surface area (TPSA) is 69.6 Å². The fourth-order valence-electron chi connectivity index (χ4n) is 4.03. The van der Waals surface area contributed by atoms with Crippen molar-refractivity contribution in [1.29, 1.82) is 0 Å². The van der Waals surface area contributed by atoms with Gasteiger partial charge in [-0.2, -0.15) is 0 Å². The van der Waals surface area contributed by atoms with Crippen molar-refractivity contribution in [3.63, 3.8) is 0 Å². The molecular weight excluding hydrogens is 412 g/mol. The minimum absolute atomic E-state index is 0.0117. The number of carboxylic acid groups (broad SMARTS) is 1. The molecular formula is C26H35F2NO3. The van der Waals surface area contributed by atoms with Gasteiger partial charge in [0.05, 0.1) is 6.42 Å². The average Bonchev–Trinajstić information content (AvgIpc) is 2.73. The largest absolute Gasteiger partial charge is 0.508 e. The van der Waals surface area contributed by atoms with Crippen molar-refractivity contribution in [3.05, 3.63) is 53.6 Å². The van der Waals surface area contributed by atoms with Crippen molar-refractivity contribution in [2.24, 2.45) is 11.3 Å². The van der Waals surface area contributed by atoms with E-state index in [1.54, 1.807) is 12.1 Å². The predicted octanol–water partition coefficient (Wildman–Crippen LogP) is 6.51. The van der Waals surface area contributed by atoms with Gasteiger partial charge in [0, 0.05) is 24.2 Å².